The second kappa shape index (κ2) is 5.51. The van der Waals surface area contributed by atoms with Gasteiger partial charge in [0.2, 0.25) is 0 Å². The van der Waals surface area contributed by atoms with Gasteiger partial charge in [0.05, 0.1) is 30.5 Å². The van der Waals surface area contributed by atoms with Crippen molar-refractivity contribution in [3.63, 3.8) is 0 Å². The van der Waals surface area contributed by atoms with Crippen LogP contribution in [0.2, 0.25) is 5.02 Å². The molecular formula is C13H17ClN2O2S. The molecule has 0 bridgehead atoms. The highest BCUT2D eigenvalue weighted by Gasteiger charge is 2.26. The lowest BCUT2D eigenvalue weighted by Crippen LogP contribution is -2.15. The normalized spacial score (nSPS) is 17.0. The number of hydrogen-bond donors (Lipinski definition) is 1. The average molecular weight is 301 g/mol. The Morgan fingerprint density at radius 2 is 1.95 bits per heavy atom. The molecule has 0 spiro atoms. The van der Waals surface area contributed by atoms with Gasteiger partial charge in [0.25, 0.3) is 0 Å². The van der Waals surface area contributed by atoms with Crippen molar-refractivity contribution in [2.45, 2.75) is 19.4 Å². The molecule has 0 saturated carbocycles. The van der Waals surface area contributed by atoms with E-state index in [2.05, 4.69) is 24.2 Å². The summed E-state index contributed by atoms with van der Waals surface area (Å²) in [5, 5.41) is 4.67. The molecule has 0 unspecified atom stereocenters. The number of amidine groups is 1. The van der Waals surface area contributed by atoms with Gasteiger partial charge in [0.1, 0.15) is 11.5 Å². The Hall–Kier alpha value is -1.07. The third kappa shape index (κ3) is 3.28. The number of anilines is 1. The van der Waals surface area contributed by atoms with E-state index < -0.39 is 0 Å². The summed E-state index contributed by atoms with van der Waals surface area (Å²) >= 11 is 7.82. The summed E-state index contributed by atoms with van der Waals surface area (Å²) < 4.78 is 10.5. The Kier molecular flexibility index (Phi) is 4.16. The van der Waals surface area contributed by atoms with Gasteiger partial charge in [-0.25, -0.2) is 0 Å². The molecule has 1 aromatic rings. The summed E-state index contributed by atoms with van der Waals surface area (Å²) in [7, 11) is 3.19. The maximum atomic E-state index is 6.13. The maximum Gasteiger partial charge on any atom is 0.161 e. The Morgan fingerprint density at radius 3 is 2.47 bits per heavy atom. The van der Waals surface area contributed by atoms with Gasteiger partial charge in [-0.15, -0.1) is 0 Å². The van der Waals surface area contributed by atoms with Crippen molar-refractivity contribution in [3.8, 4) is 11.5 Å². The largest absolute Gasteiger partial charge is 0.495 e. The second-order valence-electron chi connectivity index (χ2n) is 4.83. The lowest BCUT2D eigenvalue weighted by molar-refractivity contribution is 0.396. The van der Waals surface area contributed by atoms with E-state index in [-0.39, 0.29) is 5.54 Å². The van der Waals surface area contributed by atoms with Crippen LogP contribution in [0.15, 0.2) is 17.1 Å². The van der Waals surface area contributed by atoms with E-state index in [1.54, 1.807) is 38.1 Å². The molecule has 1 aliphatic heterocycles. The Bertz CT molecular complexity index is 518. The van der Waals surface area contributed by atoms with Gasteiger partial charge in [0.15, 0.2) is 5.17 Å². The summed E-state index contributed by atoms with van der Waals surface area (Å²) in [6.07, 6.45) is 0. The minimum Gasteiger partial charge on any atom is -0.495 e. The average Bonchev–Trinajstić information content (AvgIpc) is 2.69. The lowest BCUT2D eigenvalue weighted by atomic mass is 10.1. The highest BCUT2D eigenvalue weighted by Crippen LogP contribution is 2.37. The zero-order chi connectivity index (χ0) is 14.0. The van der Waals surface area contributed by atoms with E-state index in [9.17, 15) is 0 Å². The third-order valence-electron chi connectivity index (χ3n) is 2.68. The number of methoxy groups -OCH3 is 2. The van der Waals surface area contributed by atoms with E-state index in [1.165, 1.54) is 0 Å². The van der Waals surface area contributed by atoms with Crippen LogP contribution in [0.1, 0.15) is 13.8 Å². The minimum absolute atomic E-state index is 0.0312. The van der Waals surface area contributed by atoms with Crippen LogP contribution in [0, 0.1) is 0 Å². The summed E-state index contributed by atoms with van der Waals surface area (Å²) in [5.41, 5.74) is 0.758. The summed E-state index contributed by atoms with van der Waals surface area (Å²) in [6.45, 7) is 4.21. The summed E-state index contributed by atoms with van der Waals surface area (Å²) in [6, 6.07) is 3.55. The maximum absolute atomic E-state index is 6.13. The molecule has 0 radical (unpaired) electrons. The molecule has 1 aromatic carbocycles. The molecule has 19 heavy (non-hydrogen) atoms. The lowest BCUT2D eigenvalue weighted by Gasteiger charge is -2.13. The molecule has 2 rings (SSSR count). The van der Waals surface area contributed by atoms with Crippen LogP contribution in [0.25, 0.3) is 0 Å². The SMILES string of the molecule is COc1cc(OC)c(NC2=NC(C)(C)CS2)cc1Cl. The quantitative estimate of drug-likeness (QED) is 0.925. The number of ether oxygens (including phenoxy) is 2. The monoisotopic (exact) mass is 300 g/mol. The first-order valence-electron chi connectivity index (χ1n) is 5.86. The number of nitrogens with zero attached hydrogens (tertiary/aromatic N) is 1. The van der Waals surface area contributed by atoms with E-state index in [0.29, 0.717) is 16.5 Å². The molecular weight excluding hydrogens is 284 g/mol. The van der Waals surface area contributed by atoms with Gasteiger partial charge in [0, 0.05) is 11.8 Å². The van der Waals surface area contributed by atoms with E-state index in [4.69, 9.17) is 21.1 Å². The zero-order valence-corrected chi connectivity index (χ0v) is 13.0. The highest BCUT2D eigenvalue weighted by atomic mass is 35.5. The first-order valence-corrected chi connectivity index (χ1v) is 7.23. The van der Waals surface area contributed by atoms with Crippen molar-refractivity contribution < 1.29 is 9.47 Å². The highest BCUT2D eigenvalue weighted by molar-refractivity contribution is 8.14. The van der Waals surface area contributed by atoms with Crippen molar-refractivity contribution in [3.05, 3.63) is 17.2 Å². The van der Waals surface area contributed by atoms with Crippen LogP contribution in [-0.2, 0) is 0 Å². The van der Waals surface area contributed by atoms with Crippen molar-refractivity contribution >= 4 is 34.2 Å². The molecule has 0 atom stereocenters. The molecule has 0 aliphatic carbocycles. The second-order valence-corrected chi connectivity index (χ2v) is 6.20. The predicted octanol–water partition coefficient (Wildman–Crippen LogP) is 3.65. The van der Waals surface area contributed by atoms with Crippen molar-refractivity contribution in [2.24, 2.45) is 4.99 Å². The van der Waals surface area contributed by atoms with Crippen LogP contribution in [0.4, 0.5) is 5.69 Å². The Balaban J connectivity index is 2.28. The number of halogens is 1. The number of aliphatic imine (C=N–C) groups is 1. The van der Waals surface area contributed by atoms with Gasteiger partial charge in [-0.1, -0.05) is 23.4 Å². The molecule has 1 heterocycles. The third-order valence-corrected chi connectivity index (χ3v) is 4.29. The smallest absolute Gasteiger partial charge is 0.161 e. The van der Waals surface area contributed by atoms with Gasteiger partial charge < -0.3 is 14.8 Å². The van der Waals surface area contributed by atoms with Crippen molar-refractivity contribution in [1.82, 2.24) is 0 Å². The number of thioether (sulfide) groups is 1. The Morgan fingerprint density at radius 1 is 1.26 bits per heavy atom. The molecule has 0 saturated heterocycles. The van der Waals surface area contributed by atoms with E-state index >= 15 is 0 Å². The molecule has 0 aromatic heterocycles. The summed E-state index contributed by atoms with van der Waals surface area (Å²) in [5.74, 6) is 2.22. The fourth-order valence-corrected chi connectivity index (χ4v) is 3.01. The standard InChI is InChI=1S/C13H17ClN2O2S/c1-13(2)7-19-12(16-13)15-9-5-8(14)10(17-3)6-11(9)18-4/h5-6H,7H2,1-4H3,(H,15,16). The topological polar surface area (TPSA) is 42.9 Å². The number of nitrogens with one attached hydrogen (secondary N) is 1. The van der Waals surface area contributed by atoms with E-state index in [1.807, 2.05) is 0 Å². The molecule has 0 fully saturated rings. The van der Waals surface area contributed by atoms with Crippen LogP contribution in [0.5, 0.6) is 11.5 Å². The van der Waals surface area contributed by atoms with Gasteiger partial charge >= 0.3 is 0 Å². The number of rotatable bonds is 3. The van der Waals surface area contributed by atoms with Gasteiger partial charge in [-0.3, -0.25) is 4.99 Å². The fourth-order valence-electron chi connectivity index (χ4n) is 1.72. The van der Waals surface area contributed by atoms with Crippen LogP contribution < -0.4 is 14.8 Å². The Labute approximate surface area is 122 Å². The number of hydrogen-bond acceptors (Lipinski definition) is 5. The molecule has 6 heteroatoms. The van der Waals surface area contributed by atoms with Crippen LogP contribution in [-0.4, -0.2) is 30.7 Å². The fraction of sp³-hybridized carbons (Fsp3) is 0.462. The first kappa shape index (κ1) is 14.3. The molecule has 1 aliphatic rings. The van der Waals surface area contributed by atoms with Crippen LogP contribution in [0.3, 0.4) is 0 Å². The van der Waals surface area contributed by atoms with Gasteiger partial charge in [-0.05, 0) is 19.9 Å². The first-order chi connectivity index (χ1) is 8.95. The molecule has 4 nitrogen and oxygen atoms in total. The molecule has 0 amide bonds. The van der Waals surface area contributed by atoms with Crippen LogP contribution >= 0.6 is 23.4 Å². The van der Waals surface area contributed by atoms with E-state index in [0.717, 1.165) is 16.6 Å². The summed E-state index contributed by atoms with van der Waals surface area (Å²) in [4.78, 5) is 4.60. The van der Waals surface area contributed by atoms with Crippen molar-refractivity contribution in [1.29, 1.82) is 0 Å². The van der Waals surface area contributed by atoms with Gasteiger partial charge in [-0.2, -0.15) is 0 Å². The number of benzene rings is 1. The molecule has 1 N–H and O–H groups in total. The predicted molar refractivity (Wildman–Crippen MR) is 82.2 cm³/mol. The zero-order valence-electron chi connectivity index (χ0n) is 11.4. The minimum atomic E-state index is -0.0312. The molecule has 104 valence electrons. The van der Waals surface area contributed by atoms with Crippen molar-refractivity contribution in [2.75, 3.05) is 25.3 Å².